The van der Waals surface area contributed by atoms with Gasteiger partial charge in [0, 0.05) is 37.1 Å². The van der Waals surface area contributed by atoms with Crippen molar-refractivity contribution in [3.05, 3.63) is 95.3 Å². The number of hydrogen-bond acceptors (Lipinski definition) is 1. The van der Waals surface area contributed by atoms with Gasteiger partial charge in [0.05, 0.1) is 6.04 Å². The standard InChI is InChI=1S/C21H20F2N2/c22-18-9-4-10-19(23)17(18)15-25-14-6-13-24-12-5-11-20(24)21(25)16-7-2-1-3-8-16/h1-5,7-12,21H,6,13-15H2/t21-/m0/s1. The van der Waals surface area contributed by atoms with E-state index in [9.17, 15) is 8.78 Å². The first-order valence-corrected chi connectivity index (χ1v) is 8.61. The minimum Gasteiger partial charge on any atom is -0.350 e. The van der Waals surface area contributed by atoms with E-state index in [1.54, 1.807) is 0 Å². The molecule has 0 bridgehead atoms. The van der Waals surface area contributed by atoms with Gasteiger partial charge in [-0.1, -0.05) is 36.4 Å². The molecule has 0 spiro atoms. The molecule has 1 atom stereocenters. The molecule has 4 heteroatoms. The van der Waals surface area contributed by atoms with Crippen molar-refractivity contribution in [2.45, 2.75) is 25.6 Å². The molecule has 0 amide bonds. The lowest BCUT2D eigenvalue weighted by Crippen LogP contribution is -2.30. The number of halogens is 2. The summed E-state index contributed by atoms with van der Waals surface area (Å²) in [7, 11) is 0. The van der Waals surface area contributed by atoms with E-state index in [0.29, 0.717) is 0 Å². The molecule has 1 aliphatic rings. The maximum absolute atomic E-state index is 14.2. The molecule has 0 aliphatic carbocycles. The molecule has 0 fully saturated rings. The Balaban J connectivity index is 1.77. The minimum atomic E-state index is -0.480. The van der Waals surface area contributed by atoms with Gasteiger partial charge in [0.15, 0.2) is 0 Å². The number of benzene rings is 2. The lowest BCUT2D eigenvalue weighted by molar-refractivity contribution is 0.214. The summed E-state index contributed by atoms with van der Waals surface area (Å²) >= 11 is 0. The van der Waals surface area contributed by atoms with E-state index in [4.69, 9.17) is 0 Å². The van der Waals surface area contributed by atoms with Crippen LogP contribution in [0.2, 0.25) is 0 Å². The topological polar surface area (TPSA) is 8.17 Å². The highest BCUT2D eigenvalue weighted by molar-refractivity contribution is 5.30. The average Bonchev–Trinajstić information content (AvgIpc) is 3.00. The molecule has 0 saturated heterocycles. The van der Waals surface area contributed by atoms with Crippen LogP contribution in [-0.4, -0.2) is 16.0 Å². The van der Waals surface area contributed by atoms with Crippen LogP contribution in [0.25, 0.3) is 0 Å². The molecular weight excluding hydrogens is 318 g/mol. The van der Waals surface area contributed by atoms with Gasteiger partial charge in [-0.25, -0.2) is 8.78 Å². The molecule has 2 heterocycles. The monoisotopic (exact) mass is 338 g/mol. The highest BCUT2D eigenvalue weighted by Gasteiger charge is 2.28. The molecule has 0 unspecified atom stereocenters. The highest BCUT2D eigenvalue weighted by Crippen LogP contribution is 2.33. The van der Waals surface area contributed by atoms with Crippen LogP contribution in [0.1, 0.15) is 29.3 Å². The lowest BCUT2D eigenvalue weighted by Gasteiger charge is -2.31. The van der Waals surface area contributed by atoms with Crippen molar-refractivity contribution >= 4 is 0 Å². The second-order valence-corrected chi connectivity index (χ2v) is 6.46. The zero-order valence-electron chi connectivity index (χ0n) is 13.9. The fraction of sp³-hybridized carbons (Fsp3) is 0.238. The van der Waals surface area contributed by atoms with E-state index in [0.717, 1.165) is 25.1 Å². The summed E-state index contributed by atoms with van der Waals surface area (Å²) < 4.78 is 30.6. The summed E-state index contributed by atoms with van der Waals surface area (Å²) in [4.78, 5) is 2.18. The molecular formula is C21H20F2N2. The predicted molar refractivity (Wildman–Crippen MR) is 94.1 cm³/mol. The predicted octanol–water partition coefficient (Wildman–Crippen LogP) is 4.76. The van der Waals surface area contributed by atoms with Crippen LogP contribution in [0.4, 0.5) is 8.78 Å². The van der Waals surface area contributed by atoms with Gasteiger partial charge in [0.2, 0.25) is 0 Å². The van der Waals surface area contributed by atoms with Crippen LogP contribution >= 0.6 is 0 Å². The second-order valence-electron chi connectivity index (χ2n) is 6.46. The summed E-state index contributed by atoms with van der Waals surface area (Å²) in [6, 6.07) is 18.4. The first kappa shape index (κ1) is 16.0. The van der Waals surface area contributed by atoms with Gasteiger partial charge in [0.25, 0.3) is 0 Å². The molecule has 0 N–H and O–H groups in total. The van der Waals surface area contributed by atoms with Crippen molar-refractivity contribution < 1.29 is 8.78 Å². The molecule has 25 heavy (non-hydrogen) atoms. The molecule has 0 radical (unpaired) electrons. The van der Waals surface area contributed by atoms with Gasteiger partial charge < -0.3 is 4.57 Å². The minimum absolute atomic E-state index is 0.0160. The first-order chi connectivity index (χ1) is 12.2. The fourth-order valence-corrected chi connectivity index (χ4v) is 3.71. The fourth-order valence-electron chi connectivity index (χ4n) is 3.71. The lowest BCUT2D eigenvalue weighted by atomic mass is 10.0. The van der Waals surface area contributed by atoms with Crippen molar-refractivity contribution in [2.75, 3.05) is 6.54 Å². The van der Waals surface area contributed by atoms with Crippen molar-refractivity contribution in [1.82, 2.24) is 9.47 Å². The van der Waals surface area contributed by atoms with E-state index >= 15 is 0 Å². The van der Waals surface area contributed by atoms with Crippen LogP contribution in [0.15, 0.2) is 66.9 Å². The summed E-state index contributed by atoms with van der Waals surface area (Å²) in [6.07, 6.45) is 3.03. The number of aromatic nitrogens is 1. The van der Waals surface area contributed by atoms with Crippen LogP contribution in [0.5, 0.6) is 0 Å². The molecule has 0 saturated carbocycles. The van der Waals surface area contributed by atoms with Gasteiger partial charge in [0.1, 0.15) is 11.6 Å². The Morgan fingerprint density at radius 2 is 1.60 bits per heavy atom. The SMILES string of the molecule is Fc1cccc(F)c1CN1CCCn2cccc2[C@@H]1c1ccccc1. The third-order valence-electron chi connectivity index (χ3n) is 4.89. The third kappa shape index (κ3) is 3.10. The average molecular weight is 338 g/mol. The molecule has 4 rings (SSSR count). The highest BCUT2D eigenvalue weighted by atomic mass is 19.1. The molecule has 2 nitrogen and oxygen atoms in total. The van der Waals surface area contributed by atoms with Gasteiger partial charge in [-0.3, -0.25) is 4.90 Å². The molecule has 3 aromatic rings. The van der Waals surface area contributed by atoms with Crippen LogP contribution in [-0.2, 0) is 13.1 Å². The Hall–Kier alpha value is -2.46. The number of fused-ring (bicyclic) bond motifs is 1. The number of aryl methyl sites for hydroxylation is 1. The Labute approximate surface area is 146 Å². The van der Waals surface area contributed by atoms with Gasteiger partial charge in [-0.15, -0.1) is 0 Å². The molecule has 2 aromatic carbocycles. The summed E-state index contributed by atoms with van der Waals surface area (Å²) in [5, 5.41) is 0. The van der Waals surface area contributed by atoms with Crippen LogP contribution in [0, 0.1) is 11.6 Å². The van der Waals surface area contributed by atoms with E-state index < -0.39 is 11.6 Å². The van der Waals surface area contributed by atoms with E-state index in [1.165, 1.54) is 23.9 Å². The van der Waals surface area contributed by atoms with Crippen molar-refractivity contribution in [3.63, 3.8) is 0 Å². The Morgan fingerprint density at radius 3 is 2.36 bits per heavy atom. The molecule has 128 valence electrons. The largest absolute Gasteiger partial charge is 0.350 e. The summed E-state index contributed by atoms with van der Waals surface area (Å²) in [5.41, 5.74) is 2.45. The molecule has 1 aliphatic heterocycles. The quantitative estimate of drug-likeness (QED) is 0.668. The van der Waals surface area contributed by atoms with Crippen LogP contribution in [0.3, 0.4) is 0 Å². The Bertz CT molecular complexity index is 837. The first-order valence-electron chi connectivity index (χ1n) is 8.61. The van der Waals surface area contributed by atoms with Crippen molar-refractivity contribution in [3.8, 4) is 0 Å². The maximum Gasteiger partial charge on any atom is 0.130 e. The van der Waals surface area contributed by atoms with Crippen molar-refractivity contribution in [2.24, 2.45) is 0 Å². The smallest absolute Gasteiger partial charge is 0.130 e. The van der Waals surface area contributed by atoms with E-state index in [-0.39, 0.29) is 18.2 Å². The summed E-state index contributed by atoms with van der Waals surface area (Å²) in [6.45, 7) is 1.96. The summed E-state index contributed by atoms with van der Waals surface area (Å²) in [5.74, 6) is -0.960. The third-order valence-corrected chi connectivity index (χ3v) is 4.89. The number of rotatable bonds is 3. The second kappa shape index (κ2) is 6.81. The van der Waals surface area contributed by atoms with E-state index in [1.807, 2.05) is 24.3 Å². The molecule has 1 aromatic heterocycles. The maximum atomic E-state index is 14.2. The Morgan fingerprint density at radius 1 is 0.840 bits per heavy atom. The number of nitrogens with zero attached hydrogens (tertiary/aromatic N) is 2. The zero-order chi connectivity index (χ0) is 17.2. The Kier molecular flexibility index (Phi) is 4.36. The number of hydrogen-bond donors (Lipinski definition) is 0. The van der Waals surface area contributed by atoms with Gasteiger partial charge in [-0.05, 0) is 36.2 Å². The normalized spacial score (nSPS) is 17.9. The van der Waals surface area contributed by atoms with Gasteiger partial charge >= 0.3 is 0 Å². The zero-order valence-corrected chi connectivity index (χ0v) is 13.9. The van der Waals surface area contributed by atoms with Crippen LogP contribution < -0.4 is 0 Å². The van der Waals surface area contributed by atoms with Gasteiger partial charge in [-0.2, -0.15) is 0 Å². The van der Waals surface area contributed by atoms with E-state index in [2.05, 4.69) is 33.9 Å². The van der Waals surface area contributed by atoms with Crippen molar-refractivity contribution in [1.29, 1.82) is 0 Å².